The molecule has 0 bridgehead atoms. The lowest BCUT2D eigenvalue weighted by Crippen LogP contribution is -2.36. The summed E-state index contributed by atoms with van der Waals surface area (Å²) in [5, 5.41) is 0.544. The van der Waals surface area contributed by atoms with Gasteiger partial charge in [-0.2, -0.15) is 0 Å². The van der Waals surface area contributed by atoms with Crippen molar-refractivity contribution < 1.29 is 0 Å². The zero-order chi connectivity index (χ0) is 13.4. The van der Waals surface area contributed by atoms with Crippen LogP contribution in [0.4, 0.5) is 0 Å². The van der Waals surface area contributed by atoms with Crippen LogP contribution >= 0.6 is 23.2 Å². The predicted molar refractivity (Wildman–Crippen MR) is 74.7 cm³/mol. The van der Waals surface area contributed by atoms with Crippen LogP contribution in [0, 0.1) is 0 Å². The van der Waals surface area contributed by atoms with Gasteiger partial charge in [0.15, 0.2) is 0 Å². The molecule has 0 unspecified atom stereocenters. The number of halogens is 2. The van der Waals surface area contributed by atoms with Crippen molar-refractivity contribution in [1.29, 1.82) is 0 Å². The van der Waals surface area contributed by atoms with Crippen LogP contribution < -0.4 is 0 Å². The highest BCUT2D eigenvalue weighted by molar-refractivity contribution is 6.31. The lowest BCUT2D eigenvalue weighted by Gasteiger charge is -2.28. The largest absolute Gasteiger partial charge is 0.299 e. The van der Waals surface area contributed by atoms with E-state index in [1.807, 2.05) is 0 Å². The maximum absolute atomic E-state index is 5.41. The van der Waals surface area contributed by atoms with Crippen molar-refractivity contribution in [1.82, 2.24) is 14.9 Å². The van der Waals surface area contributed by atoms with Crippen molar-refractivity contribution >= 4 is 23.2 Å². The molecule has 3 nitrogen and oxygen atoms in total. The maximum Gasteiger partial charge on any atom is 0.223 e. The number of aromatic nitrogens is 2. The molecular weight excluding hydrogens is 257 g/mol. The van der Waals surface area contributed by atoms with Crippen LogP contribution in [-0.2, 0) is 0 Å². The number of nitrogens with zero attached hydrogens (tertiary/aromatic N) is 3. The van der Waals surface area contributed by atoms with Crippen molar-refractivity contribution in [3.05, 3.63) is 22.7 Å². The van der Waals surface area contributed by atoms with E-state index >= 15 is 0 Å². The average Bonchev–Trinajstić information content (AvgIpc) is 2.17. The Balaban J connectivity index is 0.000000302. The van der Waals surface area contributed by atoms with Gasteiger partial charge in [-0.3, -0.25) is 4.90 Å². The van der Waals surface area contributed by atoms with Crippen LogP contribution in [-0.4, -0.2) is 33.5 Å². The van der Waals surface area contributed by atoms with E-state index in [9.17, 15) is 0 Å². The van der Waals surface area contributed by atoms with Gasteiger partial charge in [-0.1, -0.05) is 18.5 Å². The molecule has 0 N–H and O–H groups in total. The Morgan fingerprint density at radius 1 is 1.18 bits per heavy atom. The van der Waals surface area contributed by atoms with Crippen LogP contribution in [0.2, 0.25) is 10.4 Å². The van der Waals surface area contributed by atoms with Gasteiger partial charge in [0, 0.05) is 18.3 Å². The highest BCUT2D eigenvalue weighted by Gasteiger charge is 2.08. The SMILES string of the molecule is CCN(C(C)C)C(C)C.Clc1ccnc(Cl)n1. The van der Waals surface area contributed by atoms with Crippen LogP contribution in [0.3, 0.4) is 0 Å². The second kappa shape index (κ2) is 8.67. The minimum atomic E-state index is 0.178. The molecule has 1 heterocycles. The zero-order valence-electron chi connectivity index (χ0n) is 11.1. The first-order valence-electron chi connectivity index (χ1n) is 5.78. The molecule has 1 aromatic heterocycles. The minimum absolute atomic E-state index is 0.178. The topological polar surface area (TPSA) is 29.0 Å². The molecule has 0 aromatic carbocycles. The predicted octanol–water partition coefficient (Wildman–Crippen LogP) is 3.91. The van der Waals surface area contributed by atoms with Gasteiger partial charge in [0.2, 0.25) is 5.28 Å². The molecule has 0 radical (unpaired) electrons. The van der Waals surface area contributed by atoms with Gasteiger partial charge >= 0.3 is 0 Å². The molecule has 1 aromatic rings. The Kier molecular flexibility index (Phi) is 8.48. The first-order valence-corrected chi connectivity index (χ1v) is 6.53. The monoisotopic (exact) mass is 277 g/mol. The van der Waals surface area contributed by atoms with E-state index in [0.29, 0.717) is 17.2 Å². The van der Waals surface area contributed by atoms with E-state index in [1.165, 1.54) is 6.20 Å². The number of hydrogen-bond donors (Lipinski definition) is 0. The smallest absolute Gasteiger partial charge is 0.223 e. The highest BCUT2D eigenvalue weighted by atomic mass is 35.5. The third-order valence-corrected chi connectivity index (χ3v) is 2.68. The Morgan fingerprint density at radius 3 is 1.88 bits per heavy atom. The van der Waals surface area contributed by atoms with Gasteiger partial charge in [-0.05, 0) is 51.9 Å². The minimum Gasteiger partial charge on any atom is -0.299 e. The summed E-state index contributed by atoms with van der Waals surface area (Å²) in [6.45, 7) is 12.3. The van der Waals surface area contributed by atoms with Crippen LogP contribution in [0.15, 0.2) is 12.3 Å². The average molecular weight is 278 g/mol. The summed E-state index contributed by atoms with van der Waals surface area (Å²) >= 11 is 10.7. The molecule has 0 atom stereocenters. The molecule has 0 aliphatic rings. The van der Waals surface area contributed by atoms with Gasteiger partial charge in [0.1, 0.15) is 5.15 Å². The summed E-state index contributed by atoms with van der Waals surface area (Å²) in [5.74, 6) is 0. The third kappa shape index (κ3) is 7.53. The van der Waals surface area contributed by atoms with Crippen molar-refractivity contribution in [2.45, 2.75) is 46.7 Å². The van der Waals surface area contributed by atoms with E-state index in [4.69, 9.17) is 23.2 Å². The van der Waals surface area contributed by atoms with Gasteiger partial charge in [0.25, 0.3) is 0 Å². The Labute approximate surface area is 114 Å². The molecule has 0 aliphatic heterocycles. The fourth-order valence-electron chi connectivity index (χ4n) is 1.64. The van der Waals surface area contributed by atoms with Gasteiger partial charge in [0.05, 0.1) is 0 Å². The summed E-state index contributed by atoms with van der Waals surface area (Å²) in [7, 11) is 0. The second-order valence-corrected chi connectivity index (χ2v) is 4.89. The fourth-order valence-corrected chi connectivity index (χ4v) is 1.97. The molecular formula is C12H21Cl2N3. The van der Waals surface area contributed by atoms with E-state index < -0.39 is 0 Å². The van der Waals surface area contributed by atoms with E-state index in [1.54, 1.807) is 6.07 Å². The van der Waals surface area contributed by atoms with Crippen molar-refractivity contribution in [2.24, 2.45) is 0 Å². The summed E-state index contributed by atoms with van der Waals surface area (Å²) in [6, 6.07) is 2.94. The Hall–Kier alpha value is -0.380. The van der Waals surface area contributed by atoms with Gasteiger partial charge in [-0.15, -0.1) is 0 Å². The van der Waals surface area contributed by atoms with Crippen LogP contribution in [0.5, 0.6) is 0 Å². The normalized spacial score (nSPS) is 10.7. The molecule has 0 fully saturated rings. The van der Waals surface area contributed by atoms with Gasteiger partial charge in [-0.25, -0.2) is 9.97 Å². The van der Waals surface area contributed by atoms with Crippen LogP contribution in [0.1, 0.15) is 34.6 Å². The van der Waals surface area contributed by atoms with Crippen molar-refractivity contribution in [3.63, 3.8) is 0 Å². The lowest BCUT2D eigenvalue weighted by atomic mass is 10.2. The fraction of sp³-hybridized carbons (Fsp3) is 0.667. The van der Waals surface area contributed by atoms with Crippen LogP contribution in [0.25, 0.3) is 0 Å². The Bertz CT molecular complexity index is 291. The third-order valence-electron chi connectivity index (χ3n) is 2.28. The quantitative estimate of drug-likeness (QED) is 0.620. The van der Waals surface area contributed by atoms with Gasteiger partial charge < -0.3 is 0 Å². The molecule has 0 aliphatic carbocycles. The molecule has 0 saturated heterocycles. The molecule has 5 heteroatoms. The second-order valence-electron chi connectivity index (χ2n) is 4.17. The maximum atomic E-state index is 5.41. The molecule has 17 heavy (non-hydrogen) atoms. The number of hydrogen-bond acceptors (Lipinski definition) is 3. The first kappa shape index (κ1) is 16.6. The first-order chi connectivity index (χ1) is 7.88. The molecule has 1 rings (SSSR count). The summed E-state index contributed by atoms with van der Waals surface area (Å²) < 4.78 is 0. The zero-order valence-corrected chi connectivity index (χ0v) is 12.6. The Morgan fingerprint density at radius 2 is 1.71 bits per heavy atom. The lowest BCUT2D eigenvalue weighted by molar-refractivity contribution is 0.185. The van der Waals surface area contributed by atoms with E-state index in [-0.39, 0.29) is 5.28 Å². The molecule has 0 saturated carbocycles. The summed E-state index contributed by atoms with van der Waals surface area (Å²) in [4.78, 5) is 9.66. The molecule has 98 valence electrons. The van der Waals surface area contributed by atoms with Crippen molar-refractivity contribution in [2.75, 3.05) is 6.54 Å². The summed E-state index contributed by atoms with van der Waals surface area (Å²) in [6.07, 6.45) is 1.50. The van der Waals surface area contributed by atoms with E-state index in [2.05, 4.69) is 49.5 Å². The summed E-state index contributed by atoms with van der Waals surface area (Å²) in [5.41, 5.74) is 0. The molecule has 0 spiro atoms. The standard InChI is InChI=1S/C8H19N.C4H2Cl2N2/c1-6-9(7(2)3)8(4)5;5-3-1-2-7-4(6)8-3/h7-8H,6H2,1-5H3;1-2H. The van der Waals surface area contributed by atoms with E-state index in [0.717, 1.165) is 6.54 Å². The molecule has 0 amide bonds. The number of rotatable bonds is 3. The van der Waals surface area contributed by atoms with Crippen molar-refractivity contribution in [3.8, 4) is 0 Å². The highest BCUT2D eigenvalue weighted by Crippen LogP contribution is 2.04.